The lowest BCUT2D eigenvalue weighted by molar-refractivity contribution is -0.145. The molecule has 7 nitrogen and oxygen atoms in total. The number of carboxylic acid groups (broad SMARTS) is 3. The van der Waals surface area contributed by atoms with Gasteiger partial charge in [-0.1, -0.05) is 30.4 Å². The van der Waals surface area contributed by atoms with Crippen LogP contribution in [0.4, 0.5) is 0 Å². The average Bonchev–Trinajstić information content (AvgIpc) is 2.29. The van der Waals surface area contributed by atoms with Crippen LogP contribution in [0.2, 0.25) is 0 Å². The van der Waals surface area contributed by atoms with Crippen molar-refractivity contribution in [3.05, 3.63) is 23.8 Å². The van der Waals surface area contributed by atoms with Gasteiger partial charge in [0.2, 0.25) is 0 Å². The van der Waals surface area contributed by atoms with E-state index in [9.17, 15) is 9.59 Å². The van der Waals surface area contributed by atoms with Crippen molar-refractivity contribution in [3.8, 4) is 0 Å². The Morgan fingerprint density at radius 2 is 1.90 bits per heavy atom. The third kappa shape index (κ3) is 9.11. The van der Waals surface area contributed by atoms with Crippen LogP contribution >= 0.6 is 24.8 Å². The van der Waals surface area contributed by atoms with Crippen molar-refractivity contribution in [1.82, 2.24) is 0 Å². The molecule has 112 valence electrons. The summed E-state index contributed by atoms with van der Waals surface area (Å²) in [6, 6.07) is 0. The van der Waals surface area contributed by atoms with E-state index in [1.807, 2.05) is 0 Å². The van der Waals surface area contributed by atoms with E-state index in [1.165, 1.54) is 25.2 Å². The molecule has 0 saturated carbocycles. The maximum Gasteiger partial charge on any atom is 0.331 e. The van der Waals surface area contributed by atoms with Gasteiger partial charge in [0.1, 0.15) is 4.32 Å². The molecule has 0 aliphatic heterocycles. The predicted molar refractivity (Wildman–Crippen MR) is 79.7 cm³/mol. The van der Waals surface area contributed by atoms with Gasteiger partial charge in [0.05, 0.1) is 5.41 Å². The summed E-state index contributed by atoms with van der Waals surface area (Å²) in [7, 11) is 0. The highest BCUT2D eigenvalue weighted by molar-refractivity contribution is 8.10. The number of nitrogens with two attached hydrogens (primary N) is 1. The lowest BCUT2D eigenvalue weighted by Gasteiger charge is -2.23. The van der Waals surface area contributed by atoms with Crippen LogP contribution in [0.3, 0.4) is 0 Å². The summed E-state index contributed by atoms with van der Waals surface area (Å²) in [6.45, 7) is 1.25. The summed E-state index contributed by atoms with van der Waals surface area (Å²) in [6.07, 6.45) is 4.43. The van der Waals surface area contributed by atoms with Crippen LogP contribution in [0.15, 0.2) is 23.8 Å². The first kappa shape index (κ1) is 20.4. The molecule has 1 aliphatic carbocycles. The van der Waals surface area contributed by atoms with Crippen LogP contribution in [0, 0.1) is 5.41 Å². The van der Waals surface area contributed by atoms with Gasteiger partial charge in [-0.25, -0.2) is 4.79 Å². The molecule has 0 bridgehead atoms. The van der Waals surface area contributed by atoms with Gasteiger partial charge in [-0.2, -0.15) is 0 Å². The van der Waals surface area contributed by atoms with E-state index < -0.39 is 17.4 Å². The number of allylic oxidation sites excluding steroid dienone is 2. The molecule has 1 rings (SSSR count). The van der Waals surface area contributed by atoms with Crippen molar-refractivity contribution in [2.24, 2.45) is 11.1 Å². The molecule has 0 fully saturated rings. The molecule has 1 atom stereocenters. The number of rotatable bonds is 2. The number of hydrogen-bond donors (Lipinski definition) is 5. The Kier molecular flexibility index (Phi) is 10.2. The van der Waals surface area contributed by atoms with Crippen LogP contribution in [0.5, 0.6) is 0 Å². The van der Waals surface area contributed by atoms with Crippen molar-refractivity contribution in [3.63, 3.8) is 0 Å². The van der Waals surface area contributed by atoms with Crippen LogP contribution in [-0.4, -0.2) is 38.1 Å². The highest BCUT2D eigenvalue weighted by Crippen LogP contribution is 2.31. The monoisotopic (exact) mass is 321 g/mol. The van der Waals surface area contributed by atoms with Crippen LogP contribution in [0.25, 0.3) is 0 Å². The average molecular weight is 321 g/mol. The molecule has 0 aromatic rings. The topological polar surface area (TPSA) is 138 Å². The normalized spacial score (nSPS) is 19.2. The van der Waals surface area contributed by atoms with Crippen molar-refractivity contribution in [2.45, 2.75) is 13.3 Å². The number of thiocarbonyl (C=S) groups is 1. The highest BCUT2D eigenvalue weighted by Gasteiger charge is 2.34. The number of aliphatic carboxylic acids is 2. The molecule has 0 radical (unpaired) electrons. The fourth-order valence-electron chi connectivity index (χ4n) is 1.18. The number of hydrogen-bond acceptors (Lipinski definition) is 4. The smallest absolute Gasteiger partial charge is 0.331 e. The van der Waals surface area contributed by atoms with E-state index >= 15 is 0 Å². The Labute approximate surface area is 126 Å². The SMILES string of the molecule is CC1(C(=O)O)C=CC=C(C(=O)O)C1.NC(=S)S.O=CO. The van der Waals surface area contributed by atoms with Gasteiger partial charge < -0.3 is 21.1 Å². The zero-order chi connectivity index (χ0) is 16.3. The Morgan fingerprint density at radius 3 is 2.20 bits per heavy atom. The van der Waals surface area contributed by atoms with Crippen LogP contribution in [-0.2, 0) is 14.4 Å². The molecule has 0 saturated heterocycles. The molecule has 5 N–H and O–H groups in total. The second kappa shape index (κ2) is 9.98. The molecule has 0 aromatic carbocycles. The Balaban J connectivity index is 0. The lowest BCUT2D eigenvalue weighted by Crippen LogP contribution is -2.28. The van der Waals surface area contributed by atoms with Crippen molar-refractivity contribution >= 4 is 47.6 Å². The van der Waals surface area contributed by atoms with Crippen molar-refractivity contribution in [2.75, 3.05) is 0 Å². The van der Waals surface area contributed by atoms with Crippen LogP contribution < -0.4 is 5.73 Å². The molecule has 1 aliphatic rings. The van der Waals surface area contributed by atoms with Crippen LogP contribution in [0.1, 0.15) is 13.3 Å². The quantitative estimate of drug-likeness (QED) is 0.287. The van der Waals surface area contributed by atoms with E-state index in [0.29, 0.717) is 0 Å². The summed E-state index contributed by atoms with van der Waals surface area (Å²) in [5.74, 6) is -2.06. The zero-order valence-corrected chi connectivity index (χ0v) is 12.2. The number of carboxylic acids is 2. The standard InChI is InChI=1S/C9H10O4.CH3NS2.CH2O2/c1-9(8(12)13)4-2-3-6(5-9)7(10)11;2-1(3)4;2-1-3/h2-4H,5H2,1H3,(H,10,11)(H,12,13);(H3,2,3,4);1H,(H,2,3). The first-order valence-corrected chi connectivity index (χ1v) is 5.87. The molecule has 0 heterocycles. The summed E-state index contributed by atoms with van der Waals surface area (Å²) in [5, 5.41) is 24.4. The Morgan fingerprint density at radius 1 is 1.50 bits per heavy atom. The van der Waals surface area contributed by atoms with Crippen molar-refractivity contribution < 1.29 is 29.7 Å². The van der Waals surface area contributed by atoms with Gasteiger partial charge in [0.25, 0.3) is 6.47 Å². The minimum Gasteiger partial charge on any atom is -0.483 e. The van der Waals surface area contributed by atoms with E-state index in [-0.39, 0.29) is 22.8 Å². The summed E-state index contributed by atoms with van der Waals surface area (Å²) < 4.78 is 0.194. The van der Waals surface area contributed by atoms with Gasteiger partial charge in [0.15, 0.2) is 0 Å². The highest BCUT2D eigenvalue weighted by atomic mass is 32.1. The number of thiol groups is 1. The zero-order valence-electron chi connectivity index (χ0n) is 10.5. The summed E-state index contributed by atoms with van der Waals surface area (Å²) in [4.78, 5) is 29.7. The first-order valence-electron chi connectivity index (χ1n) is 5.02. The molecule has 20 heavy (non-hydrogen) atoms. The number of carbonyl (C=O) groups is 3. The predicted octanol–water partition coefficient (Wildman–Crippen LogP) is 0.909. The summed E-state index contributed by atoms with van der Waals surface area (Å²) in [5.41, 5.74) is 3.76. The maximum atomic E-state index is 10.8. The third-order valence-corrected chi connectivity index (χ3v) is 2.08. The Hall–Kier alpha value is -1.87. The maximum absolute atomic E-state index is 10.8. The van der Waals surface area contributed by atoms with E-state index in [4.69, 9.17) is 25.8 Å². The molecule has 0 spiro atoms. The molecular weight excluding hydrogens is 306 g/mol. The van der Waals surface area contributed by atoms with E-state index in [1.54, 1.807) is 0 Å². The first-order chi connectivity index (χ1) is 9.10. The van der Waals surface area contributed by atoms with Gasteiger partial charge in [-0.3, -0.25) is 9.59 Å². The minimum atomic E-state index is -1.08. The van der Waals surface area contributed by atoms with Gasteiger partial charge in [0, 0.05) is 5.57 Å². The lowest BCUT2D eigenvalue weighted by atomic mass is 9.80. The van der Waals surface area contributed by atoms with Gasteiger partial charge >= 0.3 is 11.9 Å². The second-order valence-electron chi connectivity index (χ2n) is 3.70. The molecule has 0 aromatic heterocycles. The van der Waals surface area contributed by atoms with E-state index in [0.717, 1.165) is 0 Å². The largest absolute Gasteiger partial charge is 0.483 e. The van der Waals surface area contributed by atoms with Gasteiger partial charge in [-0.15, -0.1) is 12.6 Å². The third-order valence-electron chi connectivity index (χ3n) is 2.08. The van der Waals surface area contributed by atoms with E-state index in [2.05, 4.69) is 24.8 Å². The summed E-state index contributed by atoms with van der Waals surface area (Å²) >= 11 is 7.65. The molecular formula is C11H15NO6S2. The fraction of sp³-hybridized carbons (Fsp3) is 0.273. The minimum absolute atomic E-state index is 0.0359. The molecule has 9 heteroatoms. The second-order valence-corrected chi connectivity index (χ2v) is 4.92. The molecule has 1 unspecified atom stereocenters. The fourth-order valence-corrected chi connectivity index (χ4v) is 1.18. The van der Waals surface area contributed by atoms with Crippen molar-refractivity contribution in [1.29, 1.82) is 0 Å². The Bertz CT molecular complexity index is 442. The van der Waals surface area contributed by atoms with Gasteiger partial charge in [-0.05, 0) is 13.3 Å². The molecule has 0 amide bonds.